The van der Waals surface area contributed by atoms with E-state index in [9.17, 15) is 22.8 Å². The highest BCUT2D eigenvalue weighted by Crippen LogP contribution is 2.16. The fraction of sp³-hybridized carbons (Fsp3) is 0.526. The van der Waals surface area contributed by atoms with E-state index in [1.54, 1.807) is 31.3 Å². The third kappa shape index (κ3) is 8.10. The number of hydrogen-bond acceptors (Lipinski definition) is 4. The van der Waals surface area contributed by atoms with Gasteiger partial charge in [-0.1, -0.05) is 24.3 Å². The highest BCUT2D eigenvalue weighted by Gasteiger charge is 2.27. The molecule has 0 spiro atoms. The van der Waals surface area contributed by atoms with E-state index in [1.807, 2.05) is 0 Å². The number of imide groups is 1. The van der Waals surface area contributed by atoms with Crippen LogP contribution in [-0.4, -0.2) is 55.6 Å². The molecular weight excluding hydrogens is 389 g/mol. The summed E-state index contributed by atoms with van der Waals surface area (Å²) in [5.41, 5.74) is 1.56. The minimum atomic E-state index is -4.33. The van der Waals surface area contributed by atoms with Gasteiger partial charge in [0.15, 0.2) is 5.96 Å². The summed E-state index contributed by atoms with van der Waals surface area (Å²) >= 11 is 0. The lowest BCUT2D eigenvalue weighted by Gasteiger charge is -2.25. The Morgan fingerprint density at radius 1 is 1.10 bits per heavy atom. The molecular formula is C19H25F3N4O3. The SMILES string of the molecule is CN=C(NCCN1C(=O)CCCC1=O)NCc1ccc(COCC(F)(F)F)cc1. The largest absolute Gasteiger partial charge is 0.411 e. The summed E-state index contributed by atoms with van der Waals surface area (Å²) in [6.45, 7) is -0.264. The van der Waals surface area contributed by atoms with Gasteiger partial charge in [0.1, 0.15) is 6.61 Å². The van der Waals surface area contributed by atoms with Crippen molar-refractivity contribution in [1.29, 1.82) is 0 Å². The second-order valence-corrected chi connectivity index (χ2v) is 6.57. The Morgan fingerprint density at radius 3 is 2.31 bits per heavy atom. The number of likely N-dealkylation sites (tertiary alicyclic amines) is 1. The predicted octanol–water partition coefficient (Wildman–Crippen LogP) is 1.97. The summed E-state index contributed by atoms with van der Waals surface area (Å²) < 4.78 is 40.9. The molecule has 0 aliphatic carbocycles. The molecule has 1 heterocycles. The molecule has 0 atom stereocenters. The van der Waals surface area contributed by atoms with Gasteiger partial charge in [0, 0.05) is 39.5 Å². The van der Waals surface area contributed by atoms with Crippen LogP contribution in [0.4, 0.5) is 13.2 Å². The second kappa shape index (κ2) is 10.8. The molecule has 0 saturated carbocycles. The van der Waals surface area contributed by atoms with Gasteiger partial charge in [-0.25, -0.2) is 0 Å². The van der Waals surface area contributed by atoms with Crippen LogP contribution in [0.15, 0.2) is 29.3 Å². The Morgan fingerprint density at radius 2 is 1.72 bits per heavy atom. The molecule has 160 valence electrons. The zero-order valence-corrected chi connectivity index (χ0v) is 16.2. The maximum Gasteiger partial charge on any atom is 0.411 e. The minimum Gasteiger partial charge on any atom is -0.367 e. The number of benzene rings is 1. The zero-order valence-electron chi connectivity index (χ0n) is 16.2. The Bertz CT molecular complexity index is 704. The van der Waals surface area contributed by atoms with Crippen molar-refractivity contribution in [3.63, 3.8) is 0 Å². The van der Waals surface area contributed by atoms with Crippen LogP contribution >= 0.6 is 0 Å². The summed E-state index contributed by atoms with van der Waals surface area (Å²) in [5, 5.41) is 6.15. The normalized spacial score (nSPS) is 15.6. The standard InChI is InChI=1S/C19H25F3N4O3/c1-23-18(24-9-10-26-16(27)3-2-4-17(26)28)25-11-14-5-7-15(8-6-14)12-29-13-19(20,21)22/h5-8H,2-4,9-13H2,1H3,(H2,23,24,25). The molecule has 1 fully saturated rings. The first kappa shape index (κ1) is 22.7. The van der Waals surface area contributed by atoms with Crippen LogP contribution in [-0.2, 0) is 27.5 Å². The van der Waals surface area contributed by atoms with Crippen molar-refractivity contribution in [3.05, 3.63) is 35.4 Å². The zero-order chi connectivity index (χ0) is 21.3. The summed E-state index contributed by atoms with van der Waals surface area (Å²) in [7, 11) is 1.60. The number of halogens is 3. The summed E-state index contributed by atoms with van der Waals surface area (Å²) in [5.74, 6) is 0.218. The van der Waals surface area contributed by atoms with Gasteiger partial charge < -0.3 is 15.4 Å². The number of amides is 2. The fourth-order valence-corrected chi connectivity index (χ4v) is 2.78. The van der Waals surface area contributed by atoms with Gasteiger partial charge in [0.2, 0.25) is 11.8 Å². The number of hydrogen-bond donors (Lipinski definition) is 2. The molecule has 1 aromatic rings. The minimum absolute atomic E-state index is 0.107. The van der Waals surface area contributed by atoms with E-state index in [0.717, 1.165) is 5.56 Å². The lowest BCUT2D eigenvalue weighted by Crippen LogP contribution is -2.46. The van der Waals surface area contributed by atoms with Gasteiger partial charge >= 0.3 is 6.18 Å². The molecule has 1 aliphatic rings. The van der Waals surface area contributed by atoms with Gasteiger partial charge in [-0.3, -0.25) is 19.5 Å². The molecule has 0 aromatic heterocycles. The first-order valence-electron chi connectivity index (χ1n) is 9.28. The van der Waals surface area contributed by atoms with Crippen molar-refractivity contribution in [3.8, 4) is 0 Å². The first-order valence-corrected chi connectivity index (χ1v) is 9.28. The van der Waals surface area contributed by atoms with Crippen molar-refractivity contribution < 1.29 is 27.5 Å². The lowest BCUT2D eigenvalue weighted by atomic mass is 10.1. The van der Waals surface area contributed by atoms with Crippen LogP contribution in [0, 0.1) is 0 Å². The number of ether oxygens (including phenoxy) is 1. The maximum atomic E-state index is 12.1. The third-order valence-corrected chi connectivity index (χ3v) is 4.25. The van der Waals surface area contributed by atoms with Gasteiger partial charge in [-0.05, 0) is 17.5 Å². The number of nitrogens with zero attached hydrogens (tertiary/aromatic N) is 2. The number of carbonyl (C=O) groups is 2. The Balaban J connectivity index is 1.71. The molecule has 2 amide bonds. The Hall–Kier alpha value is -2.62. The molecule has 0 radical (unpaired) electrons. The molecule has 29 heavy (non-hydrogen) atoms. The van der Waals surface area contributed by atoms with Gasteiger partial charge in [-0.2, -0.15) is 13.2 Å². The van der Waals surface area contributed by atoms with Crippen LogP contribution in [0.25, 0.3) is 0 Å². The van der Waals surface area contributed by atoms with Crippen molar-refractivity contribution in [2.24, 2.45) is 4.99 Å². The lowest BCUT2D eigenvalue weighted by molar-refractivity contribution is -0.176. The Kier molecular flexibility index (Phi) is 8.44. The molecule has 2 rings (SSSR count). The number of aliphatic imine (C=N–C) groups is 1. The quantitative estimate of drug-likeness (QED) is 0.386. The second-order valence-electron chi connectivity index (χ2n) is 6.57. The molecule has 2 N–H and O–H groups in total. The van der Waals surface area contributed by atoms with Crippen molar-refractivity contribution in [2.45, 2.75) is 38.6 Å². The van der Waals surface area contributed by atoms with Crippen LogP contribution < -0.4 is 10.6 Å². The van der Waals surface area contributed by atoms with Crippen LogP contribution in [0.2, 0.25) is 0 Å². The fourth-order valence-electron chi connectivity index (χ4n) is 2.78. The van der Waals surface area contributed by atoms with E-state index in [0.29, 0.717) is 43.9 Å². The smallest absolute Gasteiger partial charge is 0.367 e. The topological polar surface area (TPSA) is 83.0 Å². The van der Waals surface area contributed by atoms with Gasteiger partial charge in [-0.15, -0.1) is 0 Å². The first-order chi connectivity index (χ1) is 13.8. The summed E-state index contributed by atoms with van der Waals surface area (Å²) in [4.78, 5) is 28.9. The van der Waals surface area contributed by atoms with E-state index < -0.39 is 12.8 Å². The average Bonchev–Trinajstić information content (AvgIpc) is 2.66. The molecule has 0 bridgehead atoms. The molecule has 7 nitrogen and oxygen atoms in total. The summed E-state index contributed by atoms with van der Waals surface area (Å²) in [6, 6.07) is 6.99. The van der Waals surface area contributed by atoms with Gasteiger partial charge in [0.05, 0.1) is 6.61 Å². The van der Waals surface area contributed by atoms with Crippen molar-refractivity contribution >= 4 is 17.8 Å². The van der Waals surface area contributed by atoms with Crippen molar-refractivity contribution in [2.75, 3.05) is 26.7 Å². The number of alkyl halides is 3. The average molecular weight is 414 g/mol. The number of guanidine groups is 1. The van der Waals surface area contributed by atoms with Crippen molar-refractivity contribution in [1.82, 2.24) is 15.5 Å². The van der Waals surface area contributed by atoms with E-state index in [1.165, 1.54) is 4.90 Å². The van der Waals surface area contributed by atoms with Gasteiger partial charge in [0.25, 0.3) is 0 Å². The maximum absolute atomic E-state index is 12.1. The molecule has 1 saturated heterocycles. The summed E-state index contributed by atoms with van der Waals surface area (Å²) in [6.07, 6.45) is -2.93. The monoisotopic (exact) mass is 414 g/mol. The predicted molar refractivity (Wildman–Crippen MR) is 101 cm³/mol. The van der Waals surface area contributed by atoms with Crippen LogP contribution in [0.5, 0.6) is 0 Å². The van der Waals surface area contributed by atoms with Crippen LogP contribution in [0.1, 0.15) is 30.4 Å². The highest BCUT2D eigenvalue weighted by atomic mass is 19.4. The van der Waals surface area contributed by atoms with E-state index in [-0.39, 0.29) is 25.0 Å². The molecule has 1 aliphatic heterocycles. The third-order valence-electron chi connectivity index (χ3n) is 4.25. The number of piperidine rings is 1. The Labute approximate surface area is 167 Å². The van der Waals surface area contributed by atoms with E-state index in [2.05, 4.69) is 20.4 Å². The molecule has 0 unspecified atom stereocenters. The number of nitrogens with one attached hydrogen (secondary N) is 2. The highest BCUT2D eigenvalue weighted by molar-refractivity contribution is 5.97. The number of carbonyl (C=O) groups excluding carboxylic acids is 2. The number of rotatable bonds is 8. The van der Waals surface area contributed by atoms with Crippen LogP contribution in [0.3, 0.4) is 0 Å². The molecule has 10 heteroatoms. The van der Waals surface area contributed by atoms with E-state index >= 15 is 0 Å². The van der Waals surface area contributed by atoms with E-state index in [4.69, 9.17) is 0 Å². The molecule has 1 aromatic carbocycles.